The lowest BCUT2D eigenvalue weighted by atomic mass is 10.4. The van der Waals surface area contributed by atoms with Crippen molar-refractivity contribution in [1.29, 1.82) is 0 Å². The highest BCUT2D eigenvalue weighted by atomic mass is 14.8. The Morgan fingerprint density at radius 3 is 2.27 bits per heavy atom. The molecule has 2 aromatic heterocycles. The SMILES string of the molecule is CC.c1ccn2cccc2c1. The molecule has 0 saturated heterocycles. The smallest absolute Gasteiger partial charge is 0.0449 e. The van der Waals surface area contributed by atoms with Crippen molar-refractivity contribution < 1.29 is 0 Å². The van der Waals surface area contributed by atoms with Gasteiger partial charge in [0.25, 0.3) is 0 Å². The predicted molar refractivity (Wildman–Crippen MR) is 48.7 cm³/mol. The Bertz CT molecular complexity index is 279. The first-order chi connectivity index (χ1) is 5.47. The molecule has 0 unspecified atom stereocenters. The molecule has 58 valence electrons. The van der Waals surface area contributed by atoms with Crippen LogP contribution in [-0.4, -0.2) is 4.40 Å². The molecule has 0 aliphatic rings. The zero-order chi connectivity index (χ0) is 8.10. The molecule has 2 heterocycles. The van der Waals surface area contributed by atoms with Gasteiger partial charge in [0.2, 0.25) is 0 Å². The second kappa shape index (κ2) is 3.81. The van der Waals surface area contributed by atoms with Crippen molar-refractivity contribution in [3.05, 3.63) is 42.7 Å². The highest BCUT2D eigenvalue weighted by molar-refractivity contribution is 5.46. The molecule has 11 heavy (non-hydrogen) atoms. The molecular weight excluding hydrogens is 134 g/mol. The molecule has 1 heteroatoms. The number of aromatic nitrogens is 1. The van der Waals surface area contributed by atoms with Crippen molar-refractivity contribution >= 4 is 5.52 Å². The maximum atomic E-state index is 2.08. The van der Waals surface area contributed by atoms with E-state index in [1.165, 1.54) is 5.52 Å². The molecule has 0 bridgehead atoms. The number of hydrogen-bond donors (Lipinski definition) is 0. The van der Waals surface area contributed by atoms with Crippen LogP contribution >= 0.6 is 0 Å². The topological polar surface area (TPSA) is 4.41 Å². The monoisotopic (exact) mass is 147 g/mol. The van der Waals surface area contributed by atoms with Crippen molar-refractivity contribution in [3.63, 3.8) is 0 Å². The number of fused-ring (bicyclic) bond motifs is 1. The lowest BCUT2D eigenvalue weighted by molar-refractivity contribution is 1.20. The molecule has 0 atom stereocenters. The minimum Gasteiger partial charge on any atom is -0.324 e. The standard InChI is InChI=1S/C8H7N.C2H6/c1-2-6-9-7-3-5-8(9)4-1;1-2/h1-7H;1-2H3. The van der Waals surface area contributed by atoms with E-state index < -0.39 is 0 Å². The third kappa shape index (κ3) is 1.61. The van der Waals surface area contributed by atoms with Crippen molar-refractivity contribution in [2.75, 3.05) is 0 Å². The van der Waals surface area contributed by atoms with Gasteiger partial charge in [0.15, 0.2) is 0 Å². The second-order valence-electron chi connectivity index (χ2n) is 2.04. The van der Waals surface area contributed by atoms with Gasteiger partial charge in [0.05, 0.1) is 0 Å². The van der Waals surface area contributed by atoms with E-state index >= 15 is 0 Å². The first kappa shape index (κ1) is 7.86. The molecule has 0 aromatic carbocycles. The quantitative estimate of drug-likeness (QED) is 0.539. The molecule has 2 aromatic rings. The summed E-state index contributed by atoms with van der Waals surface area (Å²) in [6.45, 7) is 4.00. The largest absolute Gasteiger partial charge is 0.324 e. The van der Waals surface area contributed by atoms with Crippen LogP contribution < -0.4 is 0 Å². The third-order valence-corrected chi connectivity index (χ3v) is 1.44. The van der Waals surface area contributed by atoms with E-state index in [0.717, 1.165) is 0 Å². The van der Waals surface area contributed by atoms with Crippen LogP contribution in [0.4, 0.5) is 0 Å². The van der Waals surface area contributed by atoms with Gasteiger partial charge in [-0.25, -0.2) is 0 Å². The second-order valence-corrected chi connectivity index (χ2v) is 2.04. The van der Waals surface area contributed by atoms with Gasteiger partial charge in [-0.2, -0.15) is 0 Å². The van der Waals surface area contributed by atoms with Gasteiger partial charge in [-0.05, 0) is 24.3 Å². The van der Waals surface area contributed by atoms with Gasteiger partial charge in [-0.15, -0.1) is 0 Å². The van der Waals surface area contributed by atoms with Gasteiger partial charge in [0.1, 0.15) is 0 Å². The third-order valence-electron chi connectivity index (χ3n) is 1.44. The number of hydrogen-bond acceptors (Lipinski definition) is 0. The Kier molecular flexibility index (Phi) is 2.73. The van der Waals surface area contributed by atoms with Crippen LogP contribution in [0.1, 0.15) is 13.8 Å². The molecule has 0 spiro atoms. The summed E-state index contributed by atoms with van der Waals surface area (Å²) >= 11 is 0. The summed E-state index contributed by atoms with van der Waals surface area (Å²) < 4.78 is 2.08. The van der Waals surface area contributed by atoms with Crippen LogP contribution in [-0.2, 0) is 0 Å². The Labute approximate surface area is 67.3 Å². The van der Waals surface area contributed by atoms with Crippen LogP contribution in [0.25, 0.3) is 5.52 Å². The zero-order valence-electron chi connectivity index (χ0n) is 6.99. The lowest BCUT2D eigenvalue weighted by Gasteiger charge is -1.88. The molecule has 2 rings (SSSR count). The number of nitrogens with zero attached hydrogens (tertiary/aromatic N) is 1. The predicted octanol–water partition coefficient (Wildman–Crippen LogP) is 2.97. The van der Waals surface area contributed by atoms with E-state index in [9.17, 15) is 0 Å². The van der Waals surface area contributed by atoms with Crippen LogP contribution in [0.3, 0.4) is 0 Å². The summed E-state index contributed by atoms with van der Waals surface area (Å²) in [6, 6.07) is 10.3. The summed E-state index contributed by atoms with van der Waals surface area (Å²) in [7, 11) is 0. The molecule has 0 aliphatic carbocycles. The minimum absolute atomic E-state index is 1.25. The van der Waals surface area contributed by atoms with E-state index in [0.29, 0.717) is 0 Å². The molecule has 0 aliphatic heterocycles. The summed E-state index contributed by atoms with van der Waals surface area (Å²) in [5.41, 5.74) is 1.25. The van der Waals surface area contributed by atoms with Crippen LogP contribution in [0.5, 0.6) is 0 Å². The number of pyridine rings is 1. The normalized spacial score (nSPS) is 8.91. The van der Waals surface area contributed by atoms with Crippen molar-refractivity contribution in [1.82, 2.24) is 4.40 Å². The average Bonchev–Trinajstić information content (AvgIpc) is 2.55. The van der Waals surface area contributed by atoms with Gasteiger partial charge >= 0.3 is 0 Å². The van der Waals surface area contributed by atoms with Crippen LogP contribution in [0.15, 0.2) is 42.7 Å². The average molecular weight is 147 g/mol. The molecule has 0 N–H and O–H groups in total. The first-order valence-electron chi connectivity index (χ1n) is 3.98. The highest BCUT2D eigenvalue weighted by Crippen LogP contribution is 2.01. The lowest BCUT2D eigenvalue weighted by Crippen LogP contribution is -1.75. The summed E-state index contributed by atoms with van der Waals surface area (Å²) in [5, 5.41) is 0. The molecule has 1 nitrogen and oxygen atoms in total. The number of rotatable bonds is 0. The first-order valence-corrected chi connectivity index (χ1v) is 3.98. The van der Waals surface area contributed by atoms with E-state index in [1.807, 2.05) is 44.4 Å². The zero-order valence-corrected chi connectivity index (χ0v) is 6.99. The Morgan fingerprint density at radius 1 is 0.909 bits per heavy atom. The highest BCUT2D eigenvalue weighted by Gasteiger charge is 1.83. The summed E-state index contributed by atoms with van der Waals surface area (Å²) in [5.74, 6) is 0. The molecule has 0 radical (unpaired) electrons. The van der Waals surface area contributed by atoms with Gasteiger partial charge < -0.3 is 4.40 Å². The minimum atomic E-state index is 1.25. The maximum Gasteiger partial charge on any atom is 0.0449 e. The van der Waals surface area contributed by atoms with Crippen molar-refractivity contribution in [2.45, 2.75) is 13.8 Å². The molecular formula is C10H13N. The van der Waals surface area contributed by atoms with Gasteiger partial charge in [-0.3, -0.25) is 0 Å². The fourth-order valence-electron chi connectivity index (χ4n) is 0.980. The molecule has 0 saturated carbocycles. The van der Waals surface area contributed by atoms with E-state index in [4.69, 9.17) is 0 Å². The van der Waals surface area contributed by atoms with E-state index in [-0.39, 0.29) is 0 Å². The molecule has 0 amide bonds. The fraction of sp³-hybridized carbons (Fsp3) is 0.200. The summed E-state index contributed by atoms with van der Waals surface area (Å²) in [4.78, 5) is 0. The summed E-state index contributed by atoms with van der Waals surface area (Å²) in [6.07, 6.45) is 4.07. The van der Waals surface area contributed by atoms with Gasteiger partial charge in [-0.1, -0.05) is 19.9 Å². The van der Waals surface area contributed by atoms with Crippen molar-refractivity contribution in [3.8, 4) is 0 Å². The van der Waals surface area contributed by atoms with Crippen molar-refractivity contribution in [2.24, 2.45) is 0 Å². The Balaban J connectivity index is 0.000000281. The fourth-order valence-corrected chi connectivity index (χ4v) is 0.980. The van der Waals surface area contributed by atoms with Gasteiger partial charge in [0, 0.05) is 17.9 Å². The van der Waals surface area contributed by atoms with Crippen LogP contribution in [0, 0.1) is 0 Å². The molecule has 0 fully saturated rings. The maximum absolute atomic E-state index is 2.08. The Morgan fingerprint density at radius 2 is 1.55 bits per heavy atom. The Hall–Kier alpha value is -1.24. The van der Waals surface area contributed by atoms with E-state index in [1.54, 1.807) is 0 Å². The van der Waals surface area contributed by atoms with Crippen LogP contribution in [0.2, 0.25) is 0 Å². The van der Waals surface area contributed by atoms with E-state index in [2.05, 4.69) is 16.5 Å².